The molecule has 1 saturated heterocycles. The Morgan fingerprint density at radius 3 is 2.52 bits per heavy atom. The third-order valence-electron chi connectivity index (χ3n) is 6.10. The van der Waals surface area contributed by atoms with Crippen LogP contribution in [0.3, 0.4) is 0 Å². The first-order chi connectivity index (χ1) is 15.1. The molecule has 1 N–H and O–H groups in total. The fourth-order valence-electron chi connectivity index (χ4n) is 4.18. The molecule has 31 heavy (non-hydrogen) atoms. The number of nitrogens with zero attached hydrogens (tertiary/aromatic N) is 2. The van der Waals surface area contributed by atoms with Gasteiger partial charge in [0.1, 0.15) is 16.4 Å². The van der Waals surface area contributed by atoms with E-state index in [1.165, 1.54) is 10.4 Å². The number of hydrogen-bond donors (Lipinski definition) is 1. The number of ether oxygens (including phenoxy) is 1. The summed E-state index contributed by atoms with van der Waals surface area (Å²) in [5.74, 6) is 0.892. The Morgan fingerprint density at radius 2 is 1.74 bits per heavy atom. The SMILES string of the molecule is Cc1nc([C@@]2(O)CCCN(CCc3ccccc3)CC2)sc1CCOc1ccccc1. The molecular weight excluding hydrogens is 404 g/mol. The van der Waals surface area contributed by atoms with Crippen molar-refractivity contribution in [2.45, 2.75) is 44.6 Å². The normalized spacial score (nSPS) is 19.8. The number of aliphatic hydroxyl groups is 1. The molecule has 5 heteroatoms. The van der Waals surface area contributed by atoms with Crippen LogP contribution in [0.5, 0.6) is 5.75 Å². The van der Waals surface area contributed by atoms with Crippen LogP contribution in [-0.4, -0.2) is 41.2 Å². The predicted octanol–water partition coefficient (Wildman–Crippen LogP) is 4.99. The molecule has 0 radical (unpaired) electrons. The average molecular weight is 437 g/mol. The highest BCUT2D eigenvalue weighted by molar-refractivity contribution is 7.11. The van der Waals surface area contributed by atoms with Crippen LogP contribution < -0.4 is 4.74 Å². The molecule has 0 unspecified atom stereocenters. The van der Waals surface area contributed by atoms with E-state index in [9.17, 15) is 5.11 Å². The summed E-state index contributed by atoms with van der Waals surface area (Å²) in [5, 5.41) is 12.3. The molecule has 1 aliphatic rings. The van der Waals surface area contributed by atoms with Gasteiger partial charge in [-0.3, -0.25) is 0 Å². The Kier molecular flexibility index (Phi) is 7.38. The highest BCUT2D eigenvalue weighted by atomic mass is 32.1. The van der Waals surface area contributed by atoms with Crippen molar-refractivity contribution in [3.8, 4) is 5.75 Å². The van der Waals surface area contributed by atoms with Crippen LogP contribution in [0.2, 0.25) is 0 Å². The molecule has 1 aliphatic heterocycles. The van der Waals surface area contributed by atoms with Gasteiger partial charge < -0.3 is 14.7 Å². The monoisotopic (exact) mass is 436 g/mol. The number of thiazole rings is 1. The zero-order valence-electron chi connectivity index (χ0n) is 18.3. The Labute approximate surface area is 189 Å². The van der Waals surface area contributed by atoms with Crippen LogP contribution in [0, 0.1) is 6.92 Å². The Hall–Kier alpha value is -2.21. The summed E-state index contributed by atoms with van der Waals surface area (Å²) in [6.07, 6.45) is 4.39. The lowest BCUT2D eigenvalue weighted by Gasteiger charge is -2.24. The van der Waals surface area contributed by atoms with E-state index in [-0.39, 0.29) is 0 Å². The molecule has 4 nitrogen and oxygen atoms in total. The van der Waals surface area contributed by atoms with E-state index < -0.39 is 5.60 Å². The van der Waals surface area contributed by atoms with Gasteiger partial charge in [-0.1, -0.05) is 48.5 Å². The molecule has 0 saturated carbocycles. The van der Waals surface area contributed by atoms with Gasteiger partial charge in [-0.2, -0.15) is 0 Å². The number of hydrogen-bond acceptors (Lipinski definition) is 5. The van der Waals surface area contributed by atoms with Crippen LogP contribution >= 0.6 is 11.3 Å². The minimum absolute atomic E-state index is 0.623. The van der Waals surface area contributed by atoms with E-state index in [0.717, 1.165) is 68.2 Å². The zero-order valence-corrected chi connectivity index (χ0v) is 19.1. The van der Waals surface area contributed by atoms with E-state index in [1.54, 1.807) is 11.3 Å². The van der Waals surface area contributed by atoms with Crippen LogP contribution in [0.4, 0.5) is 0 Å². The summed E-state index contributed by atoms with van der Waals surface area (Å²) in [4.78, 5) is 8.49. The maximum absolute atomic E-state index is 11.5. The predicted molar refractivity (Wildman–Crippen MR) is 127 cm³/mol. The van der Waals surface area contributed by atoms with Crippen LogP contribution in [0.1, 0.15) is 40.4 Å². The molecule has 1 atom stereocenters. The summed E-state index contributed by atoms with van der Waals surface area (Å²) in [6, 6.07) is 20.5. The molecule has 164 valence electrons. The topological polar surface area (TPSA) is 45.6 Å². The van der Waals surface area contributed by atoms with Crippen molar-refractivity contribution in [2.75, 3.05) is 26.2 Å². The quantitative estimate of drug-likeness (QED) is 0.540. The van der Waals surface area contributed by atoms with E-state index in [0.29, 0.717) is 6.61 Å². The summed E-state index contributed by atoms with van der Waals surface area (Å²) < 4.78 is 5.85. The first kappa shape index (κ1) is 22.0. The smallest absolute Gasteiger partial charge is 0.125 e. The highest BCUT2D eigenvalue weighted by Crippen LogP contribution is 2.36. The molecule has 0 bridgehead atoms. The molecule has 1 aromatic heterocycles. The third kappa shape index (κ3) is 5.94. The highest BCUT2D eigenvalue weighted by Gasteiger charge is 2.35. The number of para-hydroxylation sites is 1. The standard InChI is InChI=1S/C26H32N2O2S/c1-21-24(14-20-30-23-11-6-3-7-12-23)31-25(27-21)26(29)15-8-17-28(19-16-26)18-13-22-9-4-2-5-10-22/h2-7,9-12,29H,8,13-20H2,1H3/t26-/m1/s1. The van der Waals surface area contributed by atoms with Gasteiger partial charge in [-0.15, -0.1) is 11.3 Å². The number of aryl methyl sites for hydroxylation is 1. The third-order valence-corrected chi connectivity index (χ3v) is 7.51. The van der Waals surface area contributed by atoms with E-state index in [1.807, 2.05) is 37.3 Å². The zero-order chi connectivity index (χ0) is 21.5. The molecule has 3 aromatic rings. The van der Waals surface area contributed by atoms with Crippen molar-refractivity contribution in [2.24, 2.45) is 0 Å². The second kappa shape index (κ2) is 10.4. The van der Waals surface area contributed by atoms with Gasteiger partial charge in [-0.25, -0.2) is 4.98 Å². The Morgan fingerprint density at radius 1 is 1.00 bits per heavy atom. The van der Waals surface area contributed by atoms with Gasteiger partial charge in [0.05, 0.1) is 12.3 Å². The van der Waals surface area contributed by atoms with Crippen molar-refractivity contribution in [1.29, 1.82) is 0 Å². The van der Waals surface area contributed by atoms with Gasteiger partial charge in [-0.05, 0) is 56.8 Å². The second-order valence-corrected chi connectivity index (χ2v) is 9.49. The fraction of sp³-hybridized carbons (Fsp3) is 0.423. The van der Waals surface area contributed by atoms with Crippen molar-refractivity contribution in [1.82, 2.24) is 9.88 Å². The second-order valence-electron chi connectivity index (χ2n) is 8.40. The lowest BCUT2D eigenvalue weighted by Crippen LogP contribution is -2.30. The van der Waals surface area contributed by atoms with Gasteiger partial charge in [0.25, 0.3) is 0 Å². The Bertz CT molecular complexity index is 945. The molecule has 0 spiro atoms. The molecule has 2 heterocycles. The molecule has 2 aromatic carbocycles. The maximum Gasteiger partial charge on any atom is 0.125 e. The van der Waals surface area contributed by atoms with Crippen LogP contribution in [-0.2, 0) is 18.4 Å². The molecule has 4 rings (SSSR count). The van der Waals surface area contributed by atoms with Crippen molar-refractivity contribution in [3.63, 3.8) is 0 Å². The van der Waals surface area contributed by atoms with Gasteiger partial charge >= 0.3 is 0 Å². The first-order valence-electron chi connectivity index (χ1n) is 11.3. The molecular formula is C26H32N2O2S. The van der Waals surface area contributed by atoms with E-state index in [2.05, 4.69) is 35.2 Å². The Balaban J connectivity index is 1.32. The van der Waals surface area contributed by atoms with Gasteiger partial charge in [0.15, 0.2) is 0 Å². The fourth-order valence-corrected chi connectivity index (χ4v) is 5.37. The van der Waals surface area contributed by atoms with E-state index >= 15 is 0 Å². The van der Waals surface area contributed by atoms with Crippen molar-refractivity contribution < 1.29 is 9.84 Å². The van der Waals surface area contributed by atoms with Crippen LogP contribution in [0.25, 0.3) is 0 Å². The maximum atomic E-state index is 11.5. The minimum Gasteiger partial charge on any atom is -0.493 e. The number of benzene rings is 2. The number of aromatic nitrogens is 1. The summed E-state index contributed by atoms with van der Waals surface area (Å²) in [7, 11) is 0. The van der Waals surface area contributed by atoms with Gasteiger partial charge in [0.2, 0.25) is 0 Å². The van der Waals surface area contributed by atoms with E-state index in [4.69, 9.17) is 9.72 Å². The van der Waals surface area contributed by atoms with Gasteiger partial charge in [0, 0.05) is 24.4 Å². The number of likely N-dealkylation sites (tertiary alicyclic amines) is 1. The lowest BCUT2D eigenvalue weighted by molar-refractivity contribution is 0.0209. The van der Waals surface area contributed by atoms with Crippen LogP contribution in [0.15, 0.2) is 60.7 Å². The van der Waals surface area contributed by atoms with Crippen molar-refractivity contribution >= 4 is 11.3 Å². The molecule has 0 amide bonds. The lowest BCUT2D eigenvalue weighted by atomic mass is 9.96. The summed E-state index contributed by atoms with van der Waals surface area (Å²) >= 11 is 1.66. The first-order valence-corrected chi connectivity index (χ1v) is 12.1. The number of rotatable bonds is 8. The average Bonchev–Trinajstić information content (AvgIpc) is 3.06. The minimum atomic E-state index is -0.810. The largest absolute Gasteiger partial charge is 0.493 e. The van der Waals surface area contributed by atoms with Crippen molar-refractivity contribution in [3.05, 3.63) is 81.8 Å². The molecule has 0 aliphatic carbocycles. The summed E-state index contributed by atoms with van der Waals surface area (Å²) in [5.41, 5.74) is 1.59. The summed E-state index contributed by atoms with van der Waals surface area (Å²) in [6.45, 7) is 5.66. The molecule has 1 fully saturated rings.